The Labute approximate surface area is 129 Å². The van der Waals surface area contributed by atoms with Crippen molar-refractivity contribution in [2.24, 2.45) is 5.10 Å². The summed E-state index contributed by atoms with van der Waals surface area (Å²) in [4.78, 5) is 22.7. The van der Waals surface area contributed by atoms with Crippen molar-refractivity contribution in [3.8, 4) is 0 Å². The fourth-order valence-electron chi connectivity index (χ4n) is 1.62. The molecule has 0 unspecified atom stereocenters. The van der Waals surface area contributed by atoms with Crippen molar-refractivity contribution in [1.29, 1.82) is 0 Å². The van der Waals surface area contributed by atoms with Crippen molar-refractivity contribution >= 4 is 34.0 Å². The molecule has 1 N–H and O–H groups in total. The first-order valence-electron chi connectivity index (χ1n) is 5.97. The number of carboxylic acids is 1. The number of rotatable bonds is 4. The number of nitrogens with one attached hydrogen (secondary N) is 1. The molecule has 0 saturated heterocycles. The number of halogens is 1. The van der Waals surface area contributed by atoms with Gasteiger partial charge in [0.1, 0.15) is 0 Å². The molecule has 0 aromatic heterocycles. The molecule has 2 rings (SSSR count). The van der Waals surface area contributed by atoms with Gasteiger partial charge in [0, 0.05) is 21.2 Å². The highest BCUT2D eigenvalue weighted by atomic mass is 79.9. The molecule has 0 fully saturated rings. The van der Waals surface area contributed by atoms with Crippen molar-refractivity contribution in [2.45, 2.75) is 0 Å². The average Bonchev–Trinajstić information content (AvgIpc) is 2.48. The number of benzene rings is 2. The molecule has 0 heterocycles. The van der Waals surface area contributed by atoms with Crippen LogP contribution in [0.5, 0.6) is 0 Å². The first-order chi connectivity index (χ1) is 10.1. The molecule has 0 bridgehead atoms. The molecule has 0 radical (unpaired) electrons. The predicted octanol–water partition coefficient (Wildman–Crippen LogP) is 1.58. The summed E-state index contributed by atoms with van der Waals surface area (Å²) in [6.07, 6.45) is 1.27. The van der Waals surface area contributed by atoms with Crippen LogP contribution in [0.2, 0.25) is 0 Å². The van der Waals surface area contributed by atoms with Crippen LogP contribution in [-0.4, -0.2) is 18.1 Å². The van der Waals surface area contributed by atoms with E-state index in [9.17, 15) is 14.7 Å². The number of nitrogens with zero attached hydrogens (tertiary/aromatic N) is 1. The first kappa shape index (κ1) is 14.9. The zero-order valence-electron chi connectivity index (χ0n) is 10.7. The second-order valence-electron chi connectivity index (χ2n) is 4.08. The summed E-state index contributed by atoms with van der Waals surface area (Å²) in [7, 11) is 0. The molecule has 106 valence electrons. The van der Waals surface area contributed by atoms with Crippen LogP contribution < -0.4 is 10.5 Å². The summed E-state index contributed by atoms with van der Waals surface area (Å²) in [5, 5.41) is 14.7. The fourth-order valence-corrected chi connectivity index (χ4v) is 1.89. The Morgan fingerprint density at radius 3 is 2.43 bits per heavy atom. The van der Waals surface area contributed by atoms with E-state index in [1.165, 1.54) is 12.3 Å². The van der Waals surface area contributed by atoms with Gasteiger partial charge in [0.15, 0.2) is 0 Å². The topological polar surface area (TPSA) is 81.6 Å². The average molecular weight is 346 g/mol. The van der Waals surface area contributed by atoms with Gasteiger partial charge in [0.05, 0.1) is 12.2 Å². The van der Waals surface area contributed by atoms with Crippen LogP contribution in [0.15, 0.2) is 58.1 Å². The minimum Gasteiger partial charge on any atom is -0.545 e. The van der Waals surface area contributed by atoms with E-state index in [1.54, 1.807) is 42.5 Å². The van der Waals surface area contributed by atoms with Crippen molar-refractivity contribution in [3.05, 3.63) is 69.7 Å². The molecule has 2 aromatic rings. The highest BCUT2D eigenvalue weighted by Crippen LogP contribution is 2.10. The van der Waals surface area contributed by atoms with Gasteiger partial charge in [-0.1, -0.05) is 40.2 Å². The highest BCUT2D eigenvalue weighted by Gasteiger charge is 2.03. The lowest BCUT2D eigenvalue weighted by Crippen LogP contribution is -2.24. The number of hydrogen-bond donors (Lipinski definition) is 1. The molecule has 0 aliphatic carbocycles. The van der Waals surface area contributed by atoms with E-state index in [-0.39, 0.29) is 11.5 Å². The summed E-state index contributed by atoms with van der Waals surface area (Å²) in [5.74, 6) is -1.68. The molecule has 5 nitrogen and oxygen atoms in total. The highest BCUT2D eigenvalue weighted by molar-refractivity contribution is 9.10. The number of amides is 1. The van der Waals surface area contributed by atoms with Gasteiger partial charge in [-0.15, -0.1) is 0 Å². The standard InChI is InChI=1S/C15H11BrN2O3/c16-12-7-5-10(6-8-12)14(19)18-17-9-11-3-1-2-4-13(11)15(20)21/h1-9H,(H,18,19)(H,20,21)/p-1/b17-9-. The van der Waals surface area contributed by atoms with Gasteiger partial charge in [0.25, 0.3) is 5.91 Å². The molecule has 0 saturated carbocycles. The summed E-state index contributed by atoms with van der Waals surface area (Å²) < 4.78 is 0.866. The SMILES string of the molecule is O=C(N/N=C\c1ccccc1C(=O)[O-])c1ccc(Br)cc1. The van der Waals surface area contributed by atoms with Crippen LogP contribution in [-0.2, 0) is 0 Å². The zero-order chi connectivity index (χ0) is 15.2. The molecule has 21 heavy (non-hydrogen) atoms. The van der Waals surface area contributed by atoms with Crippen LogP contribution in [0.4, 0.5) is 0 Å². The third-order valence-electron chi connectivity index (χ3n) is 2.66. The molecule has 0 spiro atoms. The predicted molar refractivity (Wildman–Crippen MR) is 80.0 cm³/mol. The quantitative estimate of drug-likeness (QED) is 0.674. The van der Waals surface area contributed by atoms with Crippen LogP contribution in [0, 0.1) is 0 Å². The van der Waals surface area contributed by atoms with E-state index in [2.05, 4.69) is 26.5 Å². The van der Waals surface area contributed by atoms with Crippen LogP contribution in [0.3, 0.4) is 0 Å². The number of carbonyl (C=O) groups is 2. The molecule has 0 aliphatic heterocycles. The lowest BCUT2D eigenvalue weighted by atomic mass is 10.1. The lowest BCUT2D eigenvalue weighted by molar-refractivity contribution is -0.255. The molecule has 0 atom stereocenters. The number of carbonyl (C=O) groups excluding carboxylic acids is 2. The van der Waals surface area contributed by atoms with Crippen LogP contribution in [0.1, 0.15) is 26.3 Å². The van der Waals surface area contributed by atoms with E-state index in [0.717, 1.165) is 4.47 Å². The molecule has 1 amide bonds. The molecular formula is C15H10BrN2O3-. The van der Waals surface area contributed by atoms with Crippen molar-refractivity contribution in [1.82, 2.24) is 5.43 Å². The minimum atomic E-state index is -1.30. The van der Waals surface area contributed by atoms with E-state index < -0.39 is 5.97 Å². The zero-order valence-corrected chi connectivity index (χ0v) is 12.3. The fraction of sp³-hybridized carbons (Fsp3) is 0. The Balaban J connectivity index is 2.07. The normalized spacial score (nSPS) is 10.5. The number of carboxylic acid groups (broad SMARTS) is 1. The Bertz CT molecular complexity index is 696. The van der Waals surface area contributed by atoms with Gasteiger partial charge >= 0.3 is 0 Å². The first-order valence-corrected chi connectivity index (χ1v) is 6.76. The number of hydrogen-bond acceptors (Lipinski definition) is 4. The second kappa shape index (κ2) is 6.81. The number of hydrazone groups is 1. The molecule has 6 heteroatoms. The maximum atomic E-state index is 11.8. The smallest absolute Gasteiger partial charge is 0.271 e. The number of aromatic carboxylic acids is 1. The van der Waals surface area contributed by atoms with Crippen LogP contribution in [0.25, 0.3) is 0 Å². The maximum absolute atomic E-state index is 11.8. The van der Waals surface area contributed by atoms with Crippen molar-refractivity contribution < 1.29 is 14.7 Å². The molecule has 2 aromatic carbocycles. The van der Waals surface area contributed by atoms with E-state index in [1.807, 2.05) is 0 Å². The second-order valence-corrected chi connectivity index (χ2v) is 5.00. The Morgan fingerprint density at radius 1 is 1.10 bits per heavy atom. The van der Waals surface area contributed by atoms with Crippen LogP contribution >= 0.6 is 15.9 Å². The Kier molecular flexibility index (Phi) is 4.84. The monoisotopic (exact) mass is 345 g/mol. The third-order valence-corrected chi connectivity index (χ3v) is 3.19. The minimum absolute atomic E-state index is 0.0131. The molecule has 0 aliphatic rings. The van der Waals surface area contributed by atoms with Gasteiger partial charge in [-0.05, 0) is 24.3 Å². The van der Waals surface area contributed by atoms with Gasteiger partial charge in [-0.3, -0.25) is 4.79 Å². The lowest BCUT2D eigenvalue weighted by Gasteiger charge is -2.05. The van der Waals surface area contributed by atoms with E-state index >= 15 is 0 Å². The Morgan fingerprint density at radius 2 is 1.76 bits per heavy atom. The maximum Gasteiger partial charge on any atom is 0.271 e. The van der Waals surface area contributed by atoms with Crippen molar-refractivity contribution in [2.75, 3.05) is 0 Å². The van der Waals surface area contributed by atoms with Gasteiger partial charge in [-0.25, -0.2) is 5.43 Å². The van der Waals surface area contributed by atoms with E-state index in [4.69, 9.17) is 0 Å². The summed E-state index contributed by atoms with van der Waals surface area (Å²) in [6.45, 7) is 0. The van der Waals surface area contributed by atoms with Gasteiger partial charge < -0.3 is 9.90 Å². The Hall–Kier alpha value is -2.47. The largest absolute Gasteiger partial charge is 0.545 e. The molecular weight excluding hydrogens is 336 g/mol. The van der Waals surface area contributed by atoms with Gasteiger partial charge in [-0.2, -0.15) is 5.10 Å². The summed E-state index contributed by atoms with van der Waals surface area (Å²) in [5.41, 5.74) is 3.15. The van der Waals surface area contributed by atoms with E-state index in [0.29, 0.717) is 11.1 Å². The third kappa shape index (κ3) is 4.00. The summed E-state index contributed by atoms with van der Waals surface area (Å²) >= 11 is 3.28. The summed E-state index contributed by atoms with van der Waals surface area (Å²) in [6, 6.07) is 13.0. The van der Waals surface area contributed by atoms with Crippen molar-refractivity contribution in [3.63, 3.8) is 0 Å². The van der Waals surface area contributed by atoms with Gasteiger partial charge in [0.2, 0.25) is 0 Å².